The summed E-state index contributed by atoms with van der Waals surface area (Å²) in [5, 5.41) is 18.9. The number of aryl methyl sites for hydroxylation is 2. The average molecular weight is 487 g/mol. The highest BCUT2D eigenvalue weighted by Gasteiger charge is 2.39. The number of imidazole rings is 1. The minimum Gasteiger partial charge on any atom is -0.428 e. The Morgan fingerprint density at radius 3 is 2.54 bits per heavy atom. The maximum atomic E-state index is 13.8. The van der Waals surface area contributed by atoms with Crippen LogP contribution >= 0.6 is 0 Å². The van der Waals surface area contributed by atoms with Gasteiger partial charge in [0.25, 0.3) is 5.91 Å². The molecule has 0 atom stereocenters. The summed E-state index contributed by atoms with van der Waals surface area (Å²) in [4.78, 5) is 19.0. The Bertz CT molecular complexity index is 1320. The van der Waals surface area contributed by atoms with E-state index in [-0.39, 0.29) is 36.0 Å². The molecule has 0 spiro atoms. The molecule has 1 aromatic carbocycles. The zero-order chi connectivity index (χ0) is 25.5. The summed E-state index contributed by atoms with van der Waals surface area (Å²) in [6.07, 6.45) is 0.331. The molecule has 0 fully saturated rings. The van der Waals surface area contributed by atoms with Gasteiger partial charge in [0.1, 0.15) is 5.82 Å². The van der Waals surface area contributed by atoms with Crippen molar-refractivity contribution in [3.8, 4) is 11.1 Å². The number of alkyl halides is 3. The number of benzene rings is 1. The highest BCUT2D eigenvalue weighted by Crippen LogP contribution is 2.39. The van der Waals surface area contributed by atoms with E-state index in [2.05, 4.69) is 10.1 Å². The van der Waals surface area contributed by atoms with Gasteiger partial charge in [-0.15, -0.1) is 0 Å². The van der Waals surface area contributed by atoms with Crippen LogP contribution in [0.5, 0.6) is 0 Å². The van der Waals surface area contributed by atoms with Crippen LogP contribution in [0.25, 0.3) is 11.1 Å². The lowest BCUT2D eigenvalue weighted by Crippen LogP contribution is -2.41. The molecule has 0 saturated heterocycles. The van der Waals surface area contributed by atoms with Crippen molar-refractivity contribution in [2.24, 2.45) is 7.05 Å². The molecule has 4 rings (SSSR count). The van der Waals surface area contributed by atoms with Gasteiger partial charge in [0, 0.05) is 56.8 Å². The van der Waals surface area contributed by atoms with Gasteiger partial charge in [0.2, 0.25) is 5.90 Å². The first-order valence-corrected chi connectivity index (χ1v) is 10.8. The first-order chi connectivity index (χ1) is 16.4. The lowest BCUT2D eigenvalue weighted by molar-refractivity contribution is -0.140. The number of halogens is 3. The summed E-state index contributed by atoms with van der Waals surface area (Å²) >= 11 is 0. The van der Waals surface area contributed by atoms with Crippen molar-refractivity contribution in [2.75, 3.05) is 13.1 Å². The Morgan fingerprint density at radius 2 is 1.91 bits per heavy atom. The number of carbonyl (C=O) groups excluding carboxylic acids is 1. The molecule has 3 aromatic rings. The predicted molar refractivity (Wildman–Crippen MR) is 122 cm³/mol. The van der Waals surface area contributed by atoms with Crippen molar-refractivity contribution in [3.63, 3.8) is 0 Å². The molecular formula is C23H24F3N7O2. The summed E-state index contributed by atoms with van der Waals surface area (Å²) in [6, 6.07) is 3.36. The summed E-state index contributed by atoms with van der Waals surface area (Å²) < 4.78 is 49.3. The van der Waals surface area contributed by atoms with E-state index in [4.69, 9.17) is 15.6 Å². The van der Waals surface area contributed by atoms with E-state index in [1.54, 1.807) is 24.5 Å². The van der Waals surface area contributed by atoms with Gasteiger partial charge in [-0.3, -0.25) is 20.3 Å². The second kappa shape index (κ2) is 9.01. The molecule has 9 nitrogen and oxygen atoms in total. The number of amides is 1. The molecule has 2 N–H and O–H groups in total. The summed E-state index contributed by atoms with van der Waals surface area (Å²) in [6.45, 7) is 3.56. The lowest BCUT2D eigenvalue weighted by Gasteiger charge is -2.30. The van der Waals surface area contributed by atoms with Crippen LogP contribution in [-0.2, 0) is 30.9 Å². The Hall–Kier alpha value is -3.96. The first kappa shape index (κ1) is 24.2. The summed E-state index contributed by atoms with van der Waals surface area (Å²) in [7, 11) is 1.42. The normalized spacial score (nSPS) is 13.7. The number of aromatic nitrogens is 4. The molecule has 0 saturated carbocycles. The van der Waals surface area contributed by atoms with Crippen molar-refractivity contribution in [1.29, 1.82) is 10.8 Å². The molecule has 3 heterocycles. The highest BCUT2D eigenvalue weighted by atomic mass is 19.4. The highest BCUT2D eigenvalue weighted by molar-refractivity contribution is 6.01. The van der Waals surface area contributed by atoms with Crippen LogP contribution in [0, 0.1) is 17.7 Å². The largest absolute Gasteiger partial charge is 0.435 e. The molecule has 1 amide bonds. The van der Waals surface area contributed by atoms with Gasteiger partial charge in [0.15, 0.2) is 11.6 Å². The maximum Gasteiger partial charge on any atom is 0.435 e. The number of fused-ring (bicyclic) bond motifs is 1. The molecule has 12 heteroatoms. The number of nitrogens with one attached hydrogen (secondary N) is 2. The standard InChI is InChI=1S/C23H24F3N7O2/c1-13(27)35-20(28)12-33-6-4-16-17(19-11-31(3)30-21(19)23(24,25)26)8-15(9-18(16)22(33)34)10-32-7-5-29-14(32)2/h5,7-9,11,27-28H,4,6,10,12H2,1-3H3. The Kier molecular flexibility index (Phi) is 6.22. The van der Waals surface area contributed by atoms with Crippen molar-refractivity contribution in [3.05, 3.63) is 58.9 Å². The lowest BCUT2D eigenvalue weighted by atomic mass is 9.88. The molecule has 0 radical (unpaired) electrons. The Labute approximate surface area is 199 Å². The second-order valence-electron chi connectivity index (χ2n) is 8.39. The molecule has 184 valence electrons. The van der Waals surface area contributed by atoms with Crippen LogP contribution < -0.4 is 0 Å². The Morgan fingerprint density at radius 1 is 1.20 bits per heavy atom. The molecule has 1 aliphatic heterocycles. The van der Waals surface area contributed by atoms with Crippen molar-refractivity contribution in [1.82, 2.24) is 24.2 Å². The molecule has 1 aliphatic rings. The maximum absolute atomic E-state index is 13.8. The van der Waals surface area contributed by atoms with Gasteiger partial charge >= 0.3 is 6.18 Å². The monoisotopic (exact) mass is 487 g/mol. The van der Waals surface area contributed by atoms with Crippen molar-refractivity contribution < 1.29 is 22.7 Å². The Balaban J connectivity index is 1.82. The first-order valence-electron chi connectivity index (χ1n) is 10.8. The van der Waals surface area contributed by atoms with E-state index in [0.29, 0.717) is 29.7 Å². The van der Waals surface area contributed by atoms with Crippen LogP contribution in [0.3, 0.4) is 0 Å². The fourth-order valence-corrected chi connectivity index (χ4v) is 4.25. The van der Waals surface area contributed by atoms with Crippen LogP contribution in [-0.4, -0.2) is 55.0 Å². The minimum atomic E-state index is -4.66. The van der Waals surface area contributed by atoms with Crippen LogP contribution in [0.15, 0.2) is 30.7 Å². The molecule has 2 aromatic heterocycles. The third-order valence-corrected chi connectivity index (χ3v) is 5.73. The zero-order valence-corrected chi connectivity index (χ0v) is 19.4. The van der Waals surface area contributed by atoms with Crippen molar-refractivity contribution in [2.45, 2.75) is 33.0 Å². The zero-order valence-electron chi connectivity index (χ0n) is 19.4. The third kappa shape index (κ3) is 4.96. The third-order valence-electron chi connectivity index (χ3n) is 5.73. The summed E-state index contributed by atoms with van der Waals surface area (Å²) in [5.74, 6) is -0.116. The van der Waals surface area contributed by atoms with Gasteiger partial charge in [-0.2, -0.15) is 18.3 Å². The van der Waals surface area contributed by atoms with Crippen LogP contribution in [0.1, 0.15) is 39.9 Å². The number of hydrogen-bond donors (Lipinski definition) is 2. The van der Waals surface area contributed by atoms with E-state index >= 15 is 0 Å². The average Bonchev–Trinajstić information content (AvgIpc) is 3.34. The van der Waals surface area contributed by atoms with Crippen LogP contribution in [0.2, 0.25) is 0 Å². The summed E-state index contributed by atoms with van der Waals surface area (Å²) in [5.41, 5.74) is 0.630. The van der Waals surface area contributed by atoms with Gasteiger partial charge in [0.05, 0.1) is 6.54 Å². The van der Waals surface area contributed by atoms with E-state index in [0.717, 1.165) is 10.5 Å². The van der Waals surface area contributed by atoms with E-state index in [9.17, 15) is 18.0 Å². The molecule has 35 heavy (non-hydrogen) atoms. The molecule has 0 unspecified atom stereocenters. The quantitative estimate of drug-likeness (QED) is 0.423. The minimum absolute atomic E-state index is 0.0859. The van der Waals surface area contributed by atoms with Crippen LogP contribution in [0.4, 0.5) is 13.2 Å². The fraction of sp³-hybridized carbons (Fsp3) is 0.348. The molecule has 0 aliphatic carbocycles. The van der Waals surface area contributed by atoms with Gasteiger partial charge in [-0.25, -0.2) is 4.98 Å². The van der Waals surface area contributed by atoms with Gasteiger partial charge in [-0.1, -0.05) is 0 Å². The number of nitrogens with zero attached hydrogens (tertiary/aromatic N) is 5. The smallest absolute Gasteiger partial charge is 0.428 e. The molecular weight excluding hydrogens is 463 g/mol. The van der Waals surface area contributed by atoms with E-state index in [1.807, 2.05) is 11.5 Å². The van der Waals surface area contributed by atoms with E-state index < -0.39 is 17.8 Å². The topological polar surface area (TPSA) is 113 Å². The number of ether oxygens (including phenoxy) is 1. The predicted octanol–water partition coefficient (Wildman–Crippen LogP) is 3.65. The fourth-order valence-electron chi connectivity index (χ4n) is 4.25. The number of carbonyl (C=O) groups is 1. The van der Waals surface area contributed by atoms with Gasteiger partial charge in [-0.05, 0) is 42.2 Å². The second-order valence-corrected chi connectivity index (χ2v) is 8.39. The SMILES string of the molecule is CC(=N)OC(=N)CN1CCc2c(cc(Cn3ccnc3C)cc2-c2cn(C)nc2C(F)(F)F)C1=O. The number of hydrogen-bond acceptors (Lipinski definition) is 6. The van der Waals surface area contributed by atoms with Crippen molar-refractivity contribution >= 4 is 17.7 Å². The van der Waals surface area contributed by atoms with Gasteiger partial charge < -0.3 is 14.2 Å². The number of rotatable bonds is 5. The molecule has 0 bridgehead atoms. The van der Waals surface area contributed by atoms with E-state index in [1.165, 1.54) is 25.1 Å².